The van der Waals surface area contributed by atoms with E-state index in [0.717, 1.165) is 13.1 Å². The van der Waals surface area contributed by atoms with E-state index >= 15 is 0 Å². The first-order valence-electron chi connectivity index (χ1n) is 8.43. The minimum Gasteiger partial charge on any atom is -0.410 e. The molecular formula is C20H21N3O2. The second-order valence-electron chi connectivity index (χ2n) is 6.12. The molecular weight excluding hydrogens is 314 g/mol. The van der Waals surface area contributed by atoms with Crippen molar-refractivity contribution in [2.45, 2.75) is 13.0 Å². The van der Waals surface area contributed by atoms with E-state index in [2.05, 4.69) is 36.1 Å². The van der Waals surface area contributed by atoms with Crippen LogP contribution in [0.4, 0.5) is 4.79 Å². The van der Waals surface area contributed by atoms with Crippen LogP contribution in [0.2, 0.25) is 0 Å². The Hall–Kier alpha value is -2.84. The highest BCUT2D eigenvalue weighted by Gasteiger charge is 2.25. The maximum absolute atomic E-state index is 12.3. The van der Waals surface area contributed by atoms with Gasteiger partial charge in [-0.3, -0.25) is 4.90 Å². The zero-order chi connectivity index (χ0) is 17.6. The van der Waals surface area contributed by atoms with Crippen molar-refractivity contribution in [2.75, 3.05) is 26.2 Å². The van der Waals surface area contributed by atoms with Crippen LogP contribution < -0.4 is 4.74 Å². The van der Waals surface area contributed by atoms with Crippen LogP contribution in [0.15, 0.2) is 54.6 Å². The molecule has 1 heterocycles. The van der Waals surface area contributed by atoms with Gasteiger partial charge in [0, 0.05) is 32.2 Å². The number of nitriles is 1. The van der Waals surface area contributed by atoms with E-state index in [9.17, 15) is 4.79 Å². The van der Waals surface area contributed by atoms with Crippen LogP contribution in [0, 0.1) is 11.3 Å². The third kappa shape index (κ3) is 4.17. The highest BCUT2D eigenvalue weighted by molar-refractivity contribution is 5.71. The number of rotatable bonds is 3. The van der Waals surface area contributed by atoms with Gasteiger partial charge in [-0.05, 0) is 30.7 Å². The molecule has 0 radical (unpaired) electrons. The molecule has 3 rings (SSSR count). The highest BCUT2D eigenvalue weighted by atomic mass is 16.6. The number of hydrogen-bond acceptors (Lipinski definition) is 4. The number of nitrogens with zero attached hydrogens (tertiary/aromatic N) is 3. The Morgan fingerprint density at radius 1 is 1.08 bits per heavy atom. The van der Waals surface area contributed by atoms with Gasteiger partial charge in [0.25, 0.3) is 0 Å². The summed E-state index contributed by atoms with van der Waals surface area (Å²) >= 11 is 0. The molecule has 0 bridgehead atoms. The van der Waals surface area contributed by atoms with Crippen LogP contribution in [-0.2, 0) is 0 Å². The number of carbonyl (C=O) groups excluding carboxylic acids is 1. The second-order valence-corrected chi connectivity index (χ2v) is 6.12. The van der Waals surface area contributed by atoms with Crippen molar-refractivity contribution in [3.05, 3.63) is 65.7 Å². The molecule has 2 aromatic carbocycles. The molecule has 0 N–H and O–H groups in total. The van der Waals surface area contributed by atoms with Gasteiger partial charge in [-0.2, -0.15) is 5.26 Å². The third-order valence-corrected chi connectivity index (χ3v) is 4.57. The van der Waals surface area contributed by atoms with Crippen molar-refractivity contribution in [1.29, 1.82) is 5.26 Å². The average Bonchev–Trinajstić information content (AvgIpc) is 2.68. The van der Waals surface area contributed by atoms with E-state index in [1.165, 1.54) is 5.56 Å². The first kappa shape index (κ1) is 17.0. The minimum atomic E-state index is -0.359. The zero-order valence-electron chi connectivity index (χ0n) is 14.3. The summed E-state index contributed by atoms with van der Waals surface area (Å²) < 4.78 is 5.39. The summed E-state index contributed by atoms with van der Waals surface area (Å²) in [6.07, 6.45) is -0.359. The Labute approximate surface area is 148 Å². The van der Waals surface area contributed by atoms with Crippen molar-refractivity contribution in [3.63, 3.8) is 0 Å². The Bertz CT molecular complexity index is 762. The maximum Gasteiger partial charge on any atom is 0.415 e. The Morgan fingerprint density at radius 2 is 1.80 bits per heavy atom. The van der Waals surface area contributed by atoms with Gasteiger partial charge in [-0.15, -0.1) is 0 Å². The highest BCUT2D eigenvalue weighted by Crippen LogP contribution is 2.22. The minimum absolute atomic E-state index is 0.326. The topological polar surface area (TPSA) is 56.6 Å². The van der Waals surface area contributed by atoms with Crippen molar-refractivity contribution < 1.29 is 9.53 Å². The predicted octanol–water partition coefficient (Wildman–Crippen LogP) is 3.44. The van der Waals surface area contributed by atoms with Gasteiger partial charge < -0.3 is 9.64 Å². The van der Waals surface area contributed by atoms with Gasteiger partial charge in [0.2, 0.25) is 0 Å². The summed E-state index contributed by atoms with van der Waals surface area (Å²) in [5.74, 6) is 0.407. The fourth-order valence-corrected chi connectivity index (χ4v) is 3.03. The van der Waals surface area contributed by atoms with Crippen LogP contribution in [0.5, 0.6) is 5.75 Å². The molecule has 25 heavy (non-hydrogen) atoms. The molecule has 1 saturated heterocycles. The number of piperazine rings is 1. The largest absolute Gasteiger partial charge is 0.415 e. The normalized spacial score (nSPS) is 16.1. The summed E-state index contributed by atoms with van der Waals surface area (Å²) in [6, 6.07) is 19.4. The molecule has 0 aromatic heterocycles. The predicted molar refractivity (Wildman–Crippen MR) is 95.2 cm³/mol. The Balaban J connectivity index is 1.55. The van der Waals surface area contributed by atoms with Crippen LogP contribution in [0.3, 0.4) is 0 Å². The third-order valence-electron chi connectivity index (χ3n) is 4.57. The van der Waals surface area contributed by atoms with Gasteiger partial charge in [0.15, 0.2) is 0 Å². The lowest BCUT2D eigenvalue weighted by atomic mass is 10.1. The number of carbonyl (C=O) groups is 1. The SMILES string of the molecule is CC(c1ccccc1)N1CCN(C(=O)Oc2cccc(C#N)c2)CC1. The number of ether oxygens (including phenoxy) is 1. The molecule has 0 aliphatic carbocycles. The summed E-state index contributed by atoms with van der Waals surface area (Å²) in [5, 5.41) is 8.91. The molecule has 0 spiro atoms. The molecule has 128 valence electrons. The number of hydrogen-bond donors (Lipinski definition) is 0. The molecule has 1 aliphatic heterocycles. The van der Waals surface area contributed by atoms with Gasteiger partial charge in [0.05, 0.1) is 11.6 Å². The summed E-state index contributed by atoms with van der Waals surface area (Å²) in [4.78, 5) is 16.4. The van der Waals surface area contributed by atoms with Crippen molar-refractivity contribution >= 4 is 6.09 Å². The zero-order valence-corrected chi connectivity index (χ0v) is 14.3. The number of benzene rings is 2. The maximum atomic E-state index is 12.3. The van der Waals surface area contributed by atoms with Crippen molar-refractivity contribution in [1.82, 2.24) is 9.80 Å². The van der Waals surface area contributed by atoms with E-state index < -0.39 is 0 Å². The van der Waals surface area contributed by atoms with Gasteiger partial charge in [-0.1, -0.05) is 36.4 Å². The molecule has 1 aliphatic rings. The quantitative estimate of drug-likeness (QED) is 0.862. The lowest BCUT2D eigenvalue weighted by molar-refractivity contribution is 0.0929. The monoisotopic (exact) mass is 335 g/mol. The first-order valence-corrected chi connectivity index (χ1v) is 8.43. The van der Waals surface area contributed by atoms with E-state index in [1.807, 2.05) is 12.1 Å². The van der Waals surface area contributed by atoms with Gasteiger partial charge in [-0.25, -0.2) is 4.79 Å². The van der Waals surface area contributed by atoms with Crippen molar-refractivity contribution in [2.24, 2.45) is 0 Å². The van der Waals surface area contributed by atoms with E-state index in [1.54, 1.807) is 29.2 Å². The fraction of sp³-hybridized carbons (Fsp3) is 0.300. The average molecular weight is 335 g/mol. The summed E-state index contributed by atoms with van der Waals surface area (Å²) in [6.45, 7) is 5.07. The fourth-order valence-electron chi connectivity index (χ4n) is 3.03. The van der Waals surface area contributed by atoms with Crippen LogP contribution >= 0.6 is 0 Å². The van der Waals surface area contributed by atoms with E-state index in [-0.39, 0.29) is 6.09 Å². The van der Waals surface area contributed by atoms with Gasteiger partial charge in [0.1, 0.15) is 5.75 Å². The van der Waals surface area contributed by atoms with Crippen molar-refractivity contribution in [3.8, 4) is 11.8 Å². The van der Waals surface area contributed by atoms with Crippen LogP contribution in [-0.4, -0.2) is 42.1 Å². The molecule has 1 fully saturated rings. The number of amides is 1. The standard InChI is InChI=1S/C20H21N3O2/c1-16(18-7-3-2-4-8-18)22-10-12-23(13-11-22)20(24)25-19-9-5-6-17(14-19)15-21/h2-9,14,16H,10-13H2,1H3. The molecule has 0 saturated carbocycles. The molecule has 1 amide bonds. The molecule has 5 heteroatoms. The molecule has 1 atom stereocenters. The van der Waals surface area contributed by atoms with E-state index in [4.69, 9.17) is 10.00 Å². The first-order chi connectivity index (χ1) is 12.2. The molecule has 5 nitrogen and oxygen atoms in total. The summed E-state index contributed by atoms with van der Waals surface area (Å²) in [5.41, 5.74) is 1.76. The molecule has 1 unspecified atom stereocenters. The second kappa shape index (κ2) is 7.82. The lowest BCUT2D eigenvalue weighted by Gasteiger charge is -2.37. The Kier molecular flexibility index (Phi) is 5.32. The van der Waals surface area contributed by atoms with Crippen LogP contribution in [0.25, 0.3) is 0 Å². The van der Waals surface area contributed by atoms with Gasteiger partial charge >= 0.3 is 6.09 Å². The lowest BCUT2D eigenvalue weighted by Crippen LogP contribution is -2.50. The molecule has 2 aromatic rings. The summed E-state index contributed by atoms with van der Waals surface area (Å²) in [7, 11) is 0. The van der Waals surface area contributed by atoms with E-state index in [0.29, 0.717) is 30.4 Å². The smallest absolute Gasteiger partial charge is 0.410 e. The Morgan fingerprint density at radius 3 is 2.48 bits per heavy atom. The van der Waals surface area contributed by atoms with Crippen LogP contribution in [0.1, 0.15) is 24.1 Å².